The van der Waals surface area contributed by atoms with Gasteiger partial charge in [-0.05, 0) is 48.4 Å². The van der Waals surface area contributed by atoms with Gasteiger partial charge in [-0.2, -0.15) is 0 Å². The smallest absolute Gasteiger partial charge is 0.0335 e. The van der Waals surface area contributed by atoms with Crippen molar-refractivity contribution in [3.05, 3.63) is 28.7 Å². The van der Waals surface area contributed by atoms with E-state index in [1.54, 1.807) is 0 Å². The number of rotatable bonds is 3. The van der Waals surface area contributed by atoms with Crippen LogP contribution in [-0.2, 0) is 0 Å². The van der Waals surface area contributed by atoms with E-state index in [2.05, 4.69) is 61.0 Å². The van der Waals surface area contributed by atoms with Crippen LogP contribution in [0.4, 0.5) is 0 Å². The van der Waals surface area contributed by atoms with Crippen molar-refractivity contribution in [3.8, 4) is 0 Å². The summed E-state index contributed by atoms with van der Waals surface area (Å²) in [5.41, 5.74) is 6.44. The largest absolute Gasteiger partial charge is 0.329 e. The second kappa shape index (κ2) is 5.18. The lowest BCUT2D eigenvalue weighted by molar-refractivity contribution is 0.102. The number of halogens is 1. The molecule has 0 amide bonds. The molecule has 0 radical (unpaired) electrons. The van der Waals surface area contributed by atoms with Gasteiger partial charge in [0.2, 0.25) is 0 Å². The number of hydrogen-bond acceptors (Lipinski definition) is 2. The molecule has 0 spiro atoms. The molecule has 1 nitrogen and oxygen atoms in total. The van der Waals surface area contributed by atoms with Crippen molar-refractivity contribution < 1.29 is 0 Å². The van der Waals surface area contributed by atoms with E-state index >= 15 is 0 Å². The number of thioether (sulfide) groups is 1. The molecule has 1 saturated carbocycles. The summed E-state index contributed by atoms with van der Waals surface area (Å²) in [6.07, 6.45) is 2.49. The maximum atomic E-state index is 6.02. The average molecular weight is 328 g/mol. The summed E-state index contributed by atoms with van der Waals surface area (Å²) in [4.78, 5) is 1.33. The normalized spacial score (nSPS) is 27.9. The molecule has 0 unspecified atom stereocenters. The van der Waals surface area contributed by atoms with Gasteiger partial charge in [-0.3, -0.25) is 0 Å². The summed E-state index contributed by atoms with van der Waals surface area (Å²) >= 11 is 5.44. The lowest BCUT2D eigenvalue weighted by Crippen LogP contribution is -2.50. The molecule has 100 valence electrons. The Morgan fingerprint density at radius 2 is 1.83 bits per heavy atom. The van der Waals surface area contributed by atoms with Crippen LogP contribution in [0.2, 0.25) is 0 Å². The predicted molar refractivity (Wildman–Crippen MR) is 84.0 cm³/mol. The summed E-state index contributed by atoms with van der Waals surface area (Å²) in [6.45, 7) is 7.79. The molecular formula is C15H22BrNS. The summed E-state index contributed by atoms with van der Waals surface area (Å²) in [5.74, 6) is 0.809. The second-order valence-corrected chi connectivity index (χ2v) is 8.87. The van der Waals surface area contributed by atoms with Gasteiger partial charge in [0, 0.05) is 20.7 Å². The zero-order valence-corrected chi connectivity index (χ0v) is 13.8. The van der Waals surface area contributed by atoms with Crippen LogP contribution in [0.15, 0.2) is 33.6 Å². The maximum absolute atomic E-state index is 6.02. The van der Waals surface area contributed by atoms with Gasteiger partial charge >= 0.3 is 0 Å². The van der Waals surface area contributed by atoms with Crippen LogP contribution < -0.4 is 5.73 Å². The molecule has 0 atom stereocenters. The van der Waals surface area contributed by atoms with E-state index in [0.29, 0.717) is 5.41 Å². The van der Waals surface area contributed by atoms with E-state index in [4.69, 9.17) is 5.73 Å². The standard InChI is InChI=1S/C15H22BrNS/c1-14(2,3)11-8-15(9-11,10-17)18-13-6-4-12(16)5-7-13/h4-7,11H,8-10,17H2,1-3H3. The van der Waals surface area contributed by atoms with E-state index < -0.39 is 0 Å². The maximum Gasteiger partial charge on any atom is 0.0335 e. The third-order valence-corrected chi connectivity index (χ3v) is 5.95. The Hall–Kier alpha value is 0.01000. The van der Waals surface area contributed by atoms with Gasteiger partial charge in [0.15, 0.2) is 0 Å². The fraction of sp³-hybridized carbons (Fsp3) is 0.600. The molecule has 2 rings (SSSR count). The molecule has 1 aliphatic rings. The highest BCUT2D eigenvalue weighted by atomic mass is 79.9. The monoisotopic (exact) mass is 327 g/mol. The molecule has 0 aromatic heterocycles. The first-order chi connectivity index (χ1) is 8.35. The third-order valence-electron chi connectivity index (χ3n) is 3.98. The lowest BCUT2D eigenvalue weighted by Gasteiger charge is -2.52. The van der Waals surface area contributed by atoms with Gasteiger partial charge in [-0.25, -0.2) is 0 Å². The molecule has 18 heavy (non-hydrogen) atoms. The number of hydrogen-bond donors (Lipinski definition) is 1. The Kier molecular flexibility index (Phi) is 4.15. The fourth-order valence-electron chi connectivity index (χ4n) is 2.49. The minimum absolute atomic E-state index is 0.270. The van der Waals surface area contributed by atoms with Crippen molar-refractivity contribution in [3.63, 3.8) is 0 Å². The average Bonchev–Trinajstić information content (AvgIpc) is 2.24. The van der Waals surface area contributed by atoms with Gasteiger partial charge in [0.05, 0.1) is 0 Å². The molecule has 0 saturated heterocycles. The molecule has 0 aliphatic heterocycles. The molecule has 0 heterocycles. The number of benzene rings is 1. The number of nitrogens with two attached hydrogens (primary N) is 1. The summed E-state index contributed by atoms with van der Waals surface area (Å²) in [6, 6.07) is 8.56. The van der Waals surface area contributed by atoms with Gasteiger partial charge < -0.3 is 5.73 Å². The van der Waals surface area contributed by atoms with Crippen molar-refractivity contribution >= 4 is 27.7 Å². The first-order valence-electron chi connectivity index (χ1n) is 6.49. The molecule has 0 bridgehead atoms. The molecule has 2 N–H and O–H groups in total. The van der Waals surface area contributed by atoms with Crippen LogP contribution in [0.25, 0.3) is 0 Å². The van der Waals surface area contributed by atoms with Gasteiger partial charge in [-0.1, -0.05) is 36.7 Å². The highest BCUT2D eigenvalue weighted by molar-refractivity contribution is 9.10. The van der Waals surface area contributed by atoms with Crippen molar-refractivity contribution in [1.82, 2.24) is 0 Å². The van der Waals surface area contributed by atoms with Crippen molar-refractivity contribution in [2.24, 2.45) is 17.1 Å². The third kappa shape index (κ3) is 3.12. The van der Waals surface area contributed by atoms with E-state index in [0.717, 1.165) is 16.9 Å². The summed E-state index contributed by atoms with van der Waals surface area (Å²) < 4.78 is 1.40. The lowest BCUT2D eigenvalue weighted by atomic mass is 9.62. The van der Waals surface area contributed by atoms with E-state index in [1.807, 2.05) is 11.8 Å². The zero-order valence-electron chi connectivity index (χ0n) is 11.4. The summed E-state index contributed by atoms with van der Waals surface area (Å²) in [5, 5.41) is 0. The SMILES string of the molecule is CC(C)(C)C1CC(CN)(Sc2ccc(Br)cc2)C1. The Labute approximate surface area is 123 Å². The van der Waals surface area contributed by atoms with Crippen molar-refractivity contribution in [2.45, 2.75) is 43.3 Å². The minimum atomic E-state index is 0.270. The molecule has 3 heteroatoms. The highest BCUT2D eigenvalue weighted by Gasteiger charge is 2.48. The van der Waals surface area contributed by atoms with Gasteiger partial charge in [0.25, 0.3) is 0 Å². The second-order valence-electron chi connectivity index (χ2n) is 6.41. The highest BCUT2D eigenvalue weighted by Crippen LogP contribution is 2.55. The molecular weight excluding hydrogens is 306 g/mol. The van der Waals surface area contributed by atoms with Crippen LogP contribution >= 0.6 is 27.7 Å². The van der Waals surface area contributed by atoms with E-state index in [-0.39, 0.29) is 4.75 Å². The van der Waals surface area contributed by atoms with Crippen molar-refractivity contribution in [2.75, 3.05) is 6.54 Å². The van der Waals surface area contributed by atoms with Crippen LogP contribution in [0.5, 0.6) is 0 Å². The molecule has 1 aromatic carbocycles. The first kappa shape index (κ1) is 14.4. The van der Waals surface area contributed by atoms with E-state index in [1.165, 1.54) is 17.7 Å². The molecule has 1 aromatic rings. The van der Waals surface area contributed by atoms with Crippen LogP contribution in [-0.4, -0.2) is 11.3 Å². The Morgan fingerprint density at radius 1 is 1.28 bits per heavy atom. The Morgan fingerprint density at radius 3 is 2.28 bits per heavy atom. The van der Waals surface area contributed by atoms with Crippen LogP contribution in [0.1, 0.15) is 33.6 Å². The molecule has 1 fully saturated rings. The van der Waals surface area contributed by atoms with Crippen molar-refractivity contribution in [1.29, 1.82) is 0 Å². The Bertz CT molecular complexity index is 401. The quantitative estimate of drug-likeness (QED) is 0.871. The Balaban J connectivity index is 2.02. The van der Waals surface area contributed by atoms with Gasteiger partial charge in [-0.15, -0.1) is 11.8 Å². The topological polar surface area (TPSA) is 26.0 Å². The van der Waals surface area contributed by atoms with Gasteiger partial charge in [0.1, 0.15) is 0 Å². The predicted octanol–water partition coefficient (Wildman–Crippen LogP) is 4.69. The molecule has 1 aliphatic carbocycles. The van der Waals surface area contributed by atoms with Crippen LogP contribution in [0.3, 0.4) is 0 Å². The van der Waals surface area contributed by atoms with Crippen LogP contribution in [0, 0.1) is 11.3 Å². The minimum Gasteiger partial charge on any atom is -0.329 e. The first-order valence-corrected chi connectivity index (χ1v) is 8.10. The fourth-order valence-corrected chi connectivity index (χ4v) is 4.18. The van der Waals surface area contributed by atoms with E-state index in [9.17, 15) is 0 Å². The summed E-state index contributed by atoms with van der Waals surface area (Å²) in [7, 11) is 0. The zero-order chi connectivity index (χ0) is 13.4.